The summed E-state index contributed by atoms with van der Waals surface area (Å²) in [6.07, 6.45) is 1.13. The van der Waals surface area contributed by atoms with E-state index in [0.29, 0.717) is 37.3 Å². The second kappa shape index (κ2) is 8.39. The average molecular weight is 393 g/mol. The molecule has 1 amide bonds. The monoisotopic (exact) mass is 393 g/mol. The predicted molar refractivity (Wildman–Crippen MR) is 97.1 cm³/mol. The number of carbonyl (C=O) groups excluding carboxylic acids is 1. The van der Waals surface area contributed by atoms with Gasteiger partial charge in [-0.1, -0.05) is 6.07 Å². The van der Waals surface area contributed by atoms with Gasteiger partial charge in [0.2, 0.25) is 0 Å². The molecule has 0 atom stereocenters. The molecule has 2 N–H and O–H groups in total. The summed E-state index contributed by atoms with van der Waals surface area (Å²) in [5.41, 5.74) is 0.549. The van der Waals surface area contributed by atoms with Crippen LogP contribution in [0.1, 0.15) is 16.7 Å². The van der Waals surface area contributed by atoms with Gasteiger partial charge in [-0.25, -0.2) is 13.6 Å². The van der Waals surface area contributed by atoms with Gasteiger partial charge in [0.25, 0.3) is 5.56 Å². The number of nitrogens with one attached hydrogen (secondary N) is 1. The molecule has 9 heteroatoms. The second-order valence-electron chi connectivity index (χ2n) is 6.62. The molecule has 2 aromatic rings. The van der Waals surface area contributed by atoms with E-state index >= 15 is 0 Å². The fraction of sp³-hybridized carbons (Fsp3) is 0.368. The van der Waals surface area contributed by atoms with Gasteiger partial charge in [-0.15, -0.1) is 0 Å². The number of hydrogen-bond donors (Lipinski definition) is 2. The van der Waals surface area contributed by atoms with Gasteiger partial charge < -0.3 is 19.7 Å². The van der Waals surface area contributed by atoms with Crippen LogP contribution in [-0.2, 0) is 17.7 Å². The number of H-pyrrole nitrogens is 1. The molecule has 3 rings (SSSR count). The highest BCUT2D eigenvalue weighted by Gasteiger charge is 2.24. The van der Waals surface area contributed by atoms with Crippen molar-refractivity contribution in [3.63, 3.8) is 0 Å². The molecular weight excluding hydrogens is 372 g/mol. The van der Waals surface area contributed by atoms with Crippen LogP contribution < -0.4 is 5.56 Å². The molecule has 0 radical (unpaired) electrons. The highest BCUT2D eigenvalue weighted by molar-refractivity contribution is 5.67. The van der Waals surface area contributed by atoms with Crippen molar-refractivity contribution in [2.75, 3.05) is 33.3 Å². The standard InChI is InChI=1S/C19H21F2N3O4/c1-28-19(27)24-6-4-23(5-7-24)11-15-13(10-22-18(26)17(15)25)8-12-2-3-14(20)9-16(12)21/h2-3,9-10,25H,4-8,11H2,1H3,(H,22,26). The summed E-state index contributed by atoms with van der Waals surface area (Å²) in [6.45, 7) is 2.25. The Kier molecular flexibility index (Phi) is 5.93. The van der Waals surface area contributed by atoms with Crippen LogP contribution in [0.25, 0.3) is 0 Å². The zero-order valence-electron chi connectivity index (χ0n) is 15.4. The van der Waals surface area contributed by atoms with Crippen LogP contribution >= 0.6 is 0 Å². The van der Waals surface area contributed by atoms with E-state index in [2.05, 4.69) is 4.98 Å². The topological polar surface area (TPSA) is 85.9 Å². The van der Waals surface area contributed by atoms with E-state index in [1.165, 1.54) is 19.4 Å². The Balaban J connectivity index is 1.80. The lowest BCUT2D eigenvalue weighted by molar-refractivity contribution is 0.0885. The number of hydrogen-bond acceptors (Lipinski definition) is 5. The number of methoxy groups -OCH3 is 1. The summed E-state index contributed by atoms with van der Waals surface area (Å²) < 4.78 is 31.9. The van der Waals surface area contributed by atoms with Crippen LogP contribution in [0.2, 0.25) is 0 Å². The lowest BCUT2D eigenvalue weighted by Gasteiger charge is -2.34. The quantitative estimate of drug-likeness (QED) is 0.828. The number of ether oxygens (including phenoxy) is 1. The second-order valence-corrected chi connectivity index (χ2v) is 6.62. The summed E-state index contributed by atoms with van der Waals surface area (Å²) in [4.78, 5) is 29.4. The molecule has 7 nitrogen and oxygen atoms in total. The number of amides is 1. The minimum atomic E-state index is -0.691. The third kappa shape index (κ3) is 4.30. The lowest BCUT2D eigenvalue weighted by Crippen LogP contribution is -2.48. The number of rotatable bonds is 4. The SMILES string of the molecule is COC(=O)N1CCN(Cc2c(Cc3ccc(F)cc3F)c[nH]c(=O)c2O)CC1. The Bertz CT molecular complexity index is 924. The number of benzene rings is 1. The number of halogens is 2. The van der Waals surface area contributed by atoms with Crippen LogP contribution in [-0.4, -0.2) is 59.3 Å². The molecule has 0 spiro atoms. The molecule has 2 heterocycles. The fourth-order valence-corrected chi connectivity index (χ4v) is 3.24. The van der Waals surface area contributed by atoms with Crippen LogP contribution in [0.15, 0.2) is 29.2 Å². The average Bonchev–Trinajstić information content (AvgIpc) is 2.69. The third-order valence-corrected chi connectivity index (χ3v) is 4.85. The number of carbonyl (C=O) groups is 1. The Morgan fingerprint density at radius 3 is 2.57 bits per heavy atom. The normalized spacial score (nSPS) is 14.9. The molecule has 150 valence electrons. The van der Waals surface area contributed by atoms with Crippen molar-refractivity contribution in [2.24, 2.45) is 0 Å². The minimum Gasteiger partial charge on any atom is -0.503 e. The first-order chi connectivity index (χ1) is 13.4. The van der Waals surface area contributed by atoms with Crippen molar-refractivity contribution in [3.05, 3.63) is 63.1 Å². The third-order valence-electron chi connectivity index (χ3n) is 4.85. The first-order valence-electron chi connectivity index (χ1n) is 8.80. The highest BCUT2D eigenvalue weighted by atomic mass is 19.1. The van der Waals surface area contributed by atoms with Crippen LogP contribution in [0.4, 0.5) is 13.6 Å². The minimum absolute atomic E-state index is 0.0912. The number of nitrogens with zero attached hydrogens (tertiary/aromatic N) is 2. The molecule has 0 saturated carbocycles. The Morgan fingerprint density at radius 1 is 1.21 bits per heavy atom. The van der Waals surface area contributed by atoms with E-state index in [1.807, 2.05) is 4.90 Å². The van der Waals surface area contributed by atoms with E-state index in [-0.39, 0.29) is 18.5 Å². The summed E-state index contributed by atoms with van der Waals surface area (Å²) in [7, 11) is 1.32. The van der Waals surface area contributed by atoms with Crippen molar-refractivity contribution in [2.45, 2.75) is 13.0 Å². The summed E-state index contributed by atoms with van der Waals surface area (Å²) in [5, 5.41) is 10.3. The van der Waals surface area contributed by atoms with Gasteiger partial charge in [0.15, 0.2) is 5.75 Å². The van der Waals surface area contributed by atoms with E-state index in [4.69, 9.17) is 4.74 Å². The van der Waals surface area contributed by atoms with Gasteiger partial charge >= 0.3 is 6.09 Å². The van der Waals surface area contributed by atoms with Crippen molar-refractivity contribution in [1.29, 1.82) is 0 Å². The summed E-state index contributed by atoms with van der Waals surface area (Å²) in [5.74, 6) is -1.78. The van der Waals surface area contributed by atoms with Gasteiger partial charge in [-0.2, -0.15) is 0 Å². The van der Waals surface area contributed by atoms with Crippen molar-refractivity contribution in [3.8, 4) is 5.75 Å². The predicted octanol–water partition coefficient (Wildman–Crippen LogP) is 1.83. The smallest absolute Gasteiger partial charge is 0.409 e. The van der Waals surface area contributed by atoms with Crippen LogP contribution in [0, 0.1) is 11.6 Å². The van der Waals surface area contributed by atoms with E-state index in [0.717, 1.165) is 12.1 Å². The lowest BCUT2D eigenvalue weighted by atomic mass is 10.00. The largest absolute Gasteiger partial charge is 0.503 e. The first kappa shape index (κ1) is 19.8. The van der Waals surface area contributed by atoms with Crippen molar-refractivity contribution >= 4 is 6.09 Å². The summed E-state index contributed by atoms with van der Waals surface area (Å²) >= 11 is 0. The molecule has 0 aliphatic carbocycles. The highest BCUT2D eigenvalue weighted by Crippen LogP contribution is 2.23. The van der Waals surface area contributed by atoms with Gasteiger partial charge in [0.05, 0.1) is 7.11 Å². The number of aromatic amines is 1. The van der Waals surface area contributed by atoms with E-state index < -0.39 is 29.0 Å². The summed E-state index contributed by atoms with van der Waals surface area (Å²) in [6, 6.07) is 3.30. The molecule has 1 fully saturated rings. The van der Waals surface area contributed by atoms with Gasteiger partial charge in [0.1, 0.15) is 11.6 Å². The fourth-order valence-electron chi connectivity index (χ4n) is 3.24. The van der Waals surface area contributed by atoms with Crippen molar-refractivity contribution in [1.82, 2.24) is 14.8 Å². The molecule has 1 aliphatic rings. The first-order valence-corrected chi connectivity index (χ1v) is 8.80. The molecular formula is C19H21F2N3O4. The van der Waals surface area contributed by atoms with E-state index in [1.54, 1.807) is 4.90 Å². The maximum Gasteiger partial charge on any atom is 0.409 e. The Hall–Kier alpha value is -2.94. The molecule has 0 unspecified atom stereocenters. The van der Waals surface area contributed by atoms with E-state index in [9.17, 15) is 23.5 Å². The number of piperazine rings is 1. The molecule has 28 heavy (non-hydrogen) atoms. The van der Waals surface area contributed by atoms with Gasteiger partial charge in [-0.3, -0.25) is 9.69 Å². The Labute approximate surface area is 160 Å². The van der Waals surface area contributed by atoms with Gasteiger partial charge in [-0.05, 0) is 17.2 Å². The van der Waals surface area contributed by atoms with Crippen molar-refractivity contribution < 1.29 is 23.4 Å². The number of aromatic nitrogens is 1. The van der Waals surface area contributed by atoms with Crippen LogP contribution in [0.3, 0.4) is 0 Å². The molecule has 0 bridgehead atoms. The zero-order chi connectivity index (χ0) is 20.3. The molecule has 1 aromatic heterocycles. The Morgan fingerprint density at radius 2 is 1.93 bits per heavy atom. The molecule has 1 saturated heterocycles. The maximum atomic E-state index is 14.0. The number of pyridine rings is 1. The molecule has 1 aromatic carbocycles. The zero-order valence-corrected chi connectivity index (χ0v) is 15.4. The molecule has 1 aliphatic heterocycles. The van der Waals surface area contributed by atoms with Gasteiger partial charge in [0, 0.05) is 57.0 Å². The number of aromatic hydroxyl groups is 1. The maximum absolute atomic E-state index is 14.0. The van der Waals surface area contributed by atoms with Crippen LogP contribution in [0.5, 0.6) is 5.75 Å².